The SMILES string of the molecule is CCCCCCCCC(=O)Nc1c(-c2ccc(C)cc2)nc2cc(C)ccn12. The van der Waals surface area contributed by atoms with Crippen LogP contribution in [0.2, 0.25) is 0 Å². The summed E-state index contributed by atoms with van der Waals surface area (Å²) in [5, 5.41) is 3.13. The monoisotopic (exact) mass is 377 g/mol. The first-order valence-corrected chi connectivity index (χ1v) is 10.4. The predicted molar refractivity (Wildman–Crippen MR) is 117 cm³/mol. The zero-order valence-corrected chi connectivity index (χ0v) is 17.3. The number of hydrogen-bond acceptors (Lipinski definition) is 2. The molecule has 0 atom stereocenters. The molecule has 28 heavy (non-hydrogen) atoms. The highest BCUT2D eigenvalue weighted by Crippen LogP contribution is 2.29. The Bertz CT molecular complexity index is 925. The van der Waals surface area contributed by atoms with Gasteiger partial charge in [-0.2, -0.15) is 0 Å². The fourth-order valence-corrected chi connectivity index (χ4v) is 3.44. The van der Waals surface area contributed by atoms with Crippen LogP contribution in [0.1, 0.15) is 63.0 Å². The summed E-state index contributed by atoms with van der Waals surface area (Å²) in [5.41, 5.74) is 5.05. The van der Waals surface area contributed by atoms with Gasteiger partial charge in [0.15, 0.2) is 0 Å². The van der Waals surface area contributed by atoms with Crippen LogP contribution in [0, 0.1) is 13.8 Å². The fraction of sp³-hybridized carbons (Fsp3) is 0.417. The van der Waals surface area contributed by atoms with Crippen LogP contribution in [0.4, 0.5) is 5.82 Å². The van der Waals surface area contributed by atoms with Gasteiger partial charge in [0.2, 0.25) is 5.91 Å². The van der Waals surface area contributed by atoms with Crippen molar-refractivity contribution in [2.45, 2.75) is 65.7 Å². The van der Waals surface area contributed by atoms with Gasteiger partial charge in [0.25, 0.3) is 0 Å². The predicted octanol–water partition coefficient (Wildman–Crippen LogP) is 6.31. The number of aromatic nitrogens is 2. The molecule has 0 aliphatic rings. The first-order valence-electron chi connectivity index (χ1n) is 10.4. The summed E-state index contributed by atoms with van der Waals surface area (Å²) in [7, 11) is 0. The molecule has 4 nitrogen and oxygen atoms in total. The maximum Gasteiger partial charge on any atom is 0.225 e. The minimum absolute atomic E-state index is 0.0613. The van der Waals surface area contributed by atoms with E-state index in [2.05, 4.69) is 50.4 Å². The number of carbonyl (C=O) groups excluding carboxylic acids is 1. The number of amides is 1. The van der Waals surface area contributed by atoms with Crippen molar-refractivity contribution in [1.29, 1.82) is 0 Å². The number of nitrogens with one attached hydrogen (secondary N) is 1. The normalized spacial score (nSPS) is 11.1. The molecular weight excluding hydrogens is 346 g/mol. The second kappa shape index (κ2) is 9.54. The summed E-state index contributed by atoms with van der Waals surface area (Å²) in [6.07, 6.45) is 9.60. The standard InChI is InChI=1S/C24H31N3O/c1-4-5-6-7-8-9-10-22(28)26-24-23(20-13-11-18(2)12-14-20)25-21-17-19(3)15-16-27(21)24/h11-17H,4-10H2,1-3H3,(H,26,28). The minimum atomic E-state index is 0.0613. The van der Waals surface area contributed by atoms with Gasteiger partial charge in [-0.05, 0) is 38.0 Å². The van der Waals surface area contributed by atoms with Crippen molar-refractivity contribution in [3.05, 3.63) is 53.7 Å². The molecule has 1 aromatic carbocycles. The number of fused-ring (bicyclic) bond motifs is 1. The zero-order valence-electron chi connectivity index (χ0n) is 17.3. The van der Waals surface area contributed by atoms with Crippen molar-refractivity contribution in [1.82, 2.24) is 9.38 Å². The molecule has 0 aliphatic carbocycles. The van der Waals surface area contributed by atoms with E-state index in [-0.39, 0.29) is 5.91 Å². The lowest BCUT2D eigenvalue weighted by Crippen LogP contribution is -2.13. The molecule has 2 heterocycles. The van der Waals surface area contributed by atoms with Crippen LogP contribution in [-0.2, 0) is 4.79 Å². The number of anilines is 1. The van der Waals surface area contributed by atoms with Crippen LogP contribution in [0.5, 0.6) is 0 Å². The van der Waals surface area contributed by atoms with Crippen molar-refractivity contribution >= 4 is 17.4 Å². The summed E-state index contributed by atoms with van der Waals surface area (Å²) in [6, 6.07) is 12.4. The van der Waals surface area contributed by atoms with E-state index in [4.69, 9.17) is 4.98 Å². The third kappa shape index (κ3) is 5.00. The maximum absolute atomic E-state index is 12.6. The average Bonchev–Trinajstić information content (AvgIpc) is 3.02. The van der Waals surface area contributed by atoms with Gasteiger partial charge in [0.05, 0.1) is 0 Å². The van der Waals surface area contributed by atoms with Crippen LogP contribution in [-0.4, -0.2) is 15.3 Å². The van der Waals surface area contributed by atoms with E-state index < -0.39 is 0 Å². The second-order valence-corrected chi connectivity index (χ2v) is 7.67. The van der Waals surface area contributed by atoms with Gasteiger partial charge in [-0.1, -0.05) is 68.9 Å². The molecule has 4 heteroatoms. The van der Waals surface area contributed by atoms with E-state index >= 15 is 0 Å². The highest BCUT2D eigenvalue weighted by atomic mass is 16.1. The summed E-state index contributed by atoms with van der Waals surface area (Å²) in [5.74, 6) is 0.820. The van der Waals surface area contributed by atoms with E-state index in [9.17, 15) is 4.79 Å². The molecule has 1 amide bonds. The van der Waals surface area contributed by atoms with Gasteiger partial charge in [-0.3, -0.25) is 9.20 Å². The quantitative estimate of drug-likeness (QED) is 0.444. The largest absolute Gasteiger partial charge is 0.310 e. The Hall–Kier alpha value is -2.62. The van der Waals surface area contributed by atoms with Gasteiger partial charge in [0, 0.05) is 18.2 Å². The molecule has 0 saturated carbocycles. The smallest absolute Gasteiger partial charge is 0.225 e. The van der Waals surface area contributed by atoms with Crippen molar-refractivity contribution in [3.8, 4) is 11.3 Å². The lowest BCUT2D eigenvalue weighted by molar-refractivity contribution is -0.116. The molecule has 0 unspecified atom stereocenters. The van der Waals surface area contributed by atoms with Crippen LogP contribution >= 0.6 is 0 Å². The van der Waals surface area contributed by atoms with Crippen LogP contribution in [0.15, 0.2) is 42.6 Å². The lowest BCUT2D eigenvalue weighted by Gasteiger charge is -2.08. The number of aryl methyl sites for hydroxylation is 2. The lowest BCUT2D eigenvalue weighted by atomic mass is 10.1. The third-order valence-electron chi connectivity index (χ3n) is 5.12. The Balaban J connectivity index is 1.77. The van der Waals surface area contributed by atoms with Crippen LogP contribution in [0.25, 0.3) is 16.9 Å². The van der Waals surface area contributed by atoms with Gasteiger partial charge < -0.3 is 5.32 Å². The van der Waals surface area contributed by atoms with Gasteiger partial charge in [-0.25, -0.2) is 4.98 Å². The second-order valence-electron chi connectivity index (χ2n) is 7.67. The number of nitrogens with zero attached hydrogens (tertiary/aromatic N) is 2. The minimum Gasteiger partial charge on any atom is -0.310 e. The average molecular weight is 378 g/mol. The molecule has 3 rings (SSSR count). The molecular formula is C24H31N3O. The summed E-state index contributed by atoms with van der Waals surface area (Å²) >= 11 is 0. The molecule has 3 aromatic rings. The molecule has 0 fully saturated rings. The van der Waals surface area contributed by atoms with Crippen molar-refractivity contribution < 1.29 is 4.79 Å². The summed E-state index contributed by atoms with van der Waals surface area (Å²) in [4.78, 5) is 17.4. The third-order valence-corrected chi connectivity index (χ3v) is 5.12. The molecule has 0 spiro atoms. The van der Waals surface area contributed by atoms with Gasteiger partial charge in [-0.15, -0.1) is 0 Å². The Morgan fingerprint density at radius 3 is 2.43 bits per heavy atom. The van der Waals surface area contributed by atoms with E-state index in [1.165, 1.54) is 31.2 Å². The molecule has 0 radical (unpaired) electrons. The number of pyridine rings is 1. The Kier molecular flexibility index (Phi) is 6.85. The van der Waals surface area contributed by atoms with E-state index in [0.717, 1.165) is 41.1 Å². The molecule has 2 aromatic heterocycles. The number of benzene rings is 1. The first-order chi connectivity index (χ1) is 13.6. The Labute approximate surface area is 168 Å². The molecule has 0 saturated heterocycles. The first kappa shape index (κ1) is 20.1. The molecule has 0 bridgehead atoms. The number of carbonyl (C=O) groups is 1. The topological polar surface area (TPSA) is 46.4 Å². The van der Waals surface area contributed by atoms with E-state index in [1.807, 2.05) is 22.7 Å². The van der Waals surface area contributed by atoms with Crippen LogP contribution < -0.4 is 5.32 Å². The number of unbranched alkanes of at least 4 members (excludes halogenated alkanes) is 5. The van der Waals surface area contributed by atoms with Crippen LogP contribution in [0.3, 0.4) is 0 Å². The van der Waals surface area contributed by atoms with Gasteiger partial charge >= 0.3 is 0 Å². The molecule has 1 N–H and O–H groups in total. The van der Waals surface area contributed by atoms with Crippen molar-refractivity contribution in [3.63, 3.8) is 0 Å². The van der Waals surface area contributed by atoms with Crippen molar-refractivity contribution in [2.24, 2.45) is 0 Å². The highest BCUT2D eigenvalue weighted by Gasteiger charge is 2.16. The zero-order chi connectivity index (χ0) is 19.9. The van der Waals surface area contributed by atoms with Gasteiger partial charge in [0.1, 0.15) is 17.2 Å². The molecule has 148 valence electrons. The maximum atomic E-state index is 12.6. The highest BCUT2D eigenvalue weighted by molar-refractivity contribution is 5.94. The Morgan fingerprint density at radius 2 is 1.68 bits per heavy atom. The number of imidazole rings is 1. The number of rotatable bonds is 9. The number of hydrogen-bond donors (Lipinski definition) is 1. The summed E-state index contributed by atoms with van der Waals surface area (Å²) in [6.45, 7) is 6.34. The molecule has 0 aliphatic heterocycles. The van der Waals surface area contributed by atoms with Crippen molar-refractivity contribution in [2.75, 3.05) is 5.32 Å². The fourth-order valence-electron chi connectivity index (χ4n) is 3.44. The van der Waals surface area contributed by atoms with E-state index in [0.29, 0.717) is 6.42 Å². The summed E-state index contributed by atoms with van der Waals surface area (Å²) < 4.78 is 1.97. The van der Waals surface area contributed by atoms with E-state index in [1.54, 1.807) is 0 Å². The Morgan fingerprint density at radius 1 is 0.964 bits per heavy atom.